The van der Waals surface area contributed by atoms with E-state index < -0.39 is 16.6 Å². The van der Waals surface area contributed by atoms with Gasteiger partial charge in [-0.25, -0.2) is 4.98 Å². The summed E-state index contributed by atoms with van der Waals surface area (Å²) in [5.41, 5.74) is 7.55. The van der Waals surface area contributed by atoms with Gasteiger partial charge in [-0.2, -0.15) is 9.97 Å². The third-order valence-corrected chi connectivity index (χ3v) is 21.8. The van der Waals surface area contributed by atoms with Crippen molar-refractivity contribution >= 4 is 54.5 Å². The smallest absolute Gasteiger partial charge is 0.261 e. The minimum Gasteiger partial charge on any atom is -0.474 e. The molecule has 0 saturated heterocycles. The number of nitrogens with zero attached hydrogens (tertiary/aromatic N) is 4. The predicted molar refractivity (Wildman–Crippen MR) is 235 cm³/mol. The molecule has 1 fully saturated rings. The summed E-state index contributed by atoms with van der Waals surface area (Å²) in [6, 6.07) is 43.5. The Morgan fingerprint density at radius 2 is 1.11 bits per heavy atom. The molecular weight excluding hydrogens is 743 g/mol. The molecular formula is C46H57N5O4Si2. The van der Waals surface area contributed by atoms with Gasteiger partial charge in [0.2, 0.25) is 11.8 Å². The topological polar surface area (TPSA) is 107 Å². The highest BCUT2D eigenvalue weighted by atomic mass is 28.4. The molecule has 0 bridgehead atoms. The van der Waals surface area contributed by atoms with Crippen molar-refractivity contribution in [1.29, 1.82) is 0 Å². The van der Waals surface area contributed by atoms with Gasteiger partial charge in [0.05, 0.1) is 12.9 Å². The number of hydrogen-bond acceptors (Lipinski definition) is 8. The Labute approximate surface area is 339 Å². The lowest BCUT2D eigenvalue weighted by atomic mass is 9.70. The van der Waals surface area contributed by atoms with Crippen LogP contribution in [0.2, 0.25) is 10.1 Å². The van der Waals surface area contributed by atoms with E-state index in [4.69, 9.17) is 34.0 Å². The number of nitrogen functional groups attached to an aromatic ring is 1. The van der Waals surface area contributed by atoms with Crippen LogP contribution in [0.1, 0.15) is 54.0 Å². The number of anilines is 1. The normalized spacial score (nSPS) is 17.7. The van der Waals surface area contributed by atoms with E-state index in [-0.39, 0.29) is 33.9 Å². The van der Waals surface area contributed by atoms with Gasteiger partial charge in [-0.3, -0.25) is 0 Å². The van der Waals surface area contributed by atoms with Crippen LogP contribution < -0.4 is 31.2 Å². The van der Waals surface area contributed by atoms with E-state index in [1.807, 2.05) is 6.33 Å². The maximum Gasteiger partial charge on any atom is 0.261 e. The molecule has 0 aliphatic heterocycles. The molecule has 0 spiro atoms. The SMILES string of the molecule is COCCOc1nc(N)nc2c1ncn2[C@@H]1C[C@H](CO[Si](c2ccccc2)(c2ccccc2)C(C)(C)C)[C@H]1CO[Si](c1ccccc1)(c1ccccc1)C(C)(C)C. The summed E-state index contributed by atoms with van der Waals surface area (Å²) in [7, 11) is -4.01. The van der Waals surface area contributed by atoms with Crippen LogP contribution in [-0.4, -0.2) is 69.7 Å². The molecule has 2 N–H and O–H groups in total. The molecule has 298 valence electrons. The predicted octanol–water partition coefficient (Wildman–Crippen LogP) is 6.76. The fourth-order valence-electron chi connectivity index (χ4n) is 8.98. The van der Waals surface area contributed by atoms with Gasteiger partial charge in [0.15, 0.2) is 11.2 Å². The second-order valence-corrected chi connectivity index (χ2v) is 25.8. The Balaban J connectivity index is 1.30. The van der Waals surface area contributed by atoms with Gasteiger partial charge in [-0.15, -0.1) is 0 Å². The number of rotatable bonds is 15. The minimum absolute atomic E-state index is 0.0297. The van der Waals surface area contributed by atoms with Crippen molar-refractivity contribution in [2.45, 2.75) is 64.1 Å². The van der Waals surface area contributed by atoms with Gasteiger partial charge in [0.1, 0.15) is 6.61 Å². The van der Waals surface area contributed by atoms with Crippen LogP contribution in [0.15, 0.2) is 128 Å². The summed E-state index contributed by atoms with van der Waals surface area (Å²) >= 11 is 0. The van der Waals surface area contributed by atoms with Gasteiger partial charge in [-0.05, 0) is 43.2 Å². The fraction of sp³-hybridized carbons (Fsp3) is 0.370. The molecule has 7 rings (SSSR count). The molecule has 11 heteroatoms. The van der Waals surface area contributed by atoms with E-state index >= 15 is 0 Å². The van der Waals surface area contributed by atoms with Crippen molar-refractivity contribution in [2.24, 2.45) is 11.8 Å². The highest BCUT2D eigenvalue weighted by Crippen LogP contribution is 2.48. The van der Waals surface area contributed by atoms with Crippen molar-refractivity contribution in [3.05, 3.63) is 128 Å². The van der Waals surface area contributed by atoms with Gasteiger partial charge >= 0.3 is 0 Å². The molecule has 1 aliphatic carbocycles. The molecule has 57 heavy (non-hydrogen) atoms. The first-order valence-electron chi connectivity index (χ1n) is 20.0. The summed E-state index contributed by atoms with van der Waals surface area (Å²) in [5.74, 6) is 0.780. The Morgan fingerprint density at radius 3 is 1.54 bits per heavy atom. The molecule has 1 saturated carbocycles. The minimum atomic E-state index is -2.86. The van der Waals surface area contributed by atoms with E-state index in [1.54, 1.807) is 7.11 Å². The Kier molecular flexibility index (Phi) is 11.9. The van der Waals surface area contributed by atoms with Gasteiger partial charge in [0.25, 0.3) is 16.6 Å². The second kappa shape index (κ2) is 16.7. The molecule has 6 aromatic rings. The first kappa shape index (κ1) is 40.5. The summed E-state index contributed by atoms with van der Waals surface area (Å²) < 4.78 is 28.7. The van der Waals surface area contributed by atoms with E-state index in [0.717, 1.165) is 6.42 Å². The number of methoxy groups -OCH3 is 1. The van der Waals surface area contributed by atoms with Crippen molar-refractivity contribution in [1.82, 2.24) is 19.5 Å². The lowest BCUT2D eigenvalue weighted by Gasteiger charge is -2.51. The van der Waals surface area contributed by atoms with Crippen molar-refractivity contribution in [3.8, 4) is 5.88 Å². The average Bonchev–Trinajstić information content (AvgIpc) is 3.61. The zero-order chi connectivity index (χ0) is 40.3. The second-order valence-electron chi connectivity index (χ2n) is 17.2. The third-order valence-electron chi connectivity index (χ3n) is 11.8. The van der Waals surface area contributed by atoms with Crippen LogP contribution in [0.5, 0.6) is 5.88 Å². The van der Waals surface area contributed by atoms with E-state index in [0.29, 0.717) is 43.5 Å². The van der Waals surface area contributed by atoms with Crippen LogP contribution >= 0.6 is 0 Å². The maximum atomic E-state index is 7.69. The monoisotopic (exact) mass is 799 g/mol. The Bertz CT molecular complexity index is 2130. The van der Waals surface area contributed by atoms with Gasteiger partial charge in [-0.1, -0.05) is 163 Å². The lowest BCUT2D eigenvalue weighted by molar-refractivity contribution is 0.00315. The fourth-order valence-corrected chi connectivity index (χ4v) is 18.2. The first-order valence-corrected chi connectivity index (χ1v) is 23.8. The number of benzene rings is 4. The quantitative estimate of drug-likeness (QED) is 0.0898. The summed E-state index contributed by atoms with van der Waals surface area (Å²) in [6.45, 7) is 15.9. The number of nitrogens with two attached hydrogens (primary N) is 1. The number of aromatic nitrogens is 4. The zero-order valence-corrected chi connectivity index (χ0v) is 36.4. The van der Waals surface area contributed by atoms with E-state index in [9.17, 15) is 0 Å². The lowest BCUT2D eigenvalue weighted by Crippen LogP contribution is -2.68. The molecule has 4 aromatic carbocycles. The molecule has 0 unspecified atom stereocenters. The number of hydrogen-bond donors (Lipinski definition) is 1. The van der Waals surface area contributed by atoms with E-state index in [2.05, 4.69) is 172 Å². The molecule has 2 heterocycles. The van der Waals surface area contributed by atoms with Crippen molar-refractivity contribution in [3.63, 3.8) is 0 Å². The van der Waals surface area contributed by atoms with Gasteiger partial charge in [0, 0.05) is 32.3 Å². The molecule has 3 atom stereocenters. The number of ether oxygens (including phenoxy) is 2. The van der Waals surface area contributed by atoms with Crippen LogP contribution in [0.25, 0.3) is 11.2 Å². The highest BCUT2D eigenvalue weighted by Gasteiger charge is 2.54. The molecule has 1 aliphatic rings. The van der Waals surface area contributed by atoms with Crippen LogP contribution in [0.3, 0.4) is 0 Å². The highest BCUT2D eigenvalue weighted by molar-refractivity contribution is 7.00. The zero-order valence-electron chi connectivity index (χ0n) is 34.4. The summed E-state index contributed by atoms with van der Waals surface area (Å²) in [6.07, 6.45) is 2.73. The first-order chi connectivity index (χ1) is 27.4. The number of fused-ring (bicyclic) bond motifs is 1. The molecule has 0 amide bonds. The van der Waals surface area contributed by atoms with Crippen LogP contribution in [-0.2, 0) is 13.6 Å². The summed E-state index contributed by atoms with van der Waals surface area (Å²) in [5, 5.41) is 4.74. The standard InChI is InChI=1S/C46H57N5O4Si2/c1-45(2,3)56(35-20-12-8-13-21-35,36-22-14-9-15-23-36)54-31-34-30-40(51-33-48-41-42(51)49-44(47)50-43(41)53-29-28-52-7)39(34)32-55-57(46(4,5)6,37-24-16-10-17-25-37)38-26-18-11-19-27-38/h8-27,33-34,39-40H,28-32H2,1-7H3,(H2,47,49,50)/t34-,39-,40-/m1/s1. The van der Waals surface area contributed by atoms with Crippen molar-refractivity contribution in [2.75, 3.05) is 39.3 Å². The number of imidazole rings is 1. The maximum absolute atomic E-state index is 7.69. The average molecular weight is 800 g/mol. The molecule has 0 radical (unpaired) electrons. The Morgan fingerprint density at radius 1 is 0.649 bits per heavy atom. The molecule has 2 aromatic heterocycles. The molecule has 9 nitrogen and oxygen atoms in total. The third kappa shape index (κ3) is 7.71. The van der Waals surface area contributed by atoms with Crippen molar-refractivity contribution < 1.29 is 18.3 Å². The largest absolute Gasteiger partial charge is 0.474 e. The van der Waals surface area contributed by atoms with Crippen LogP contribution in [0, 0.1) is 11.8 Å². The van der Waals surface area contributed by atoms with Gasteiger partial charge < -0.3 is 28.6 Å². The van der Waals surface area contributed by atoms with Crippen LogP contribution in [0.4, 0.5) is 5.95 Å². The van der Waals surface area contributed by atoms with E-state index in [1.165, 1.54) is 20.7 Å². The Hall–Kier alpha value is -4.66. The summed E-state index contributed by atoms with van der Waals surface area (Å²) in [4.78, 5) is 13.9.